The lowest BCUT2D eigenvalue weighted by molar-refractivity contribution is 0.0697. The molecular weight excluding hydrogens is 248 g/mol. The quantitative estimate of drug-likeness (QED) is 0.888. The van der Waals surface area contributed by atoms with Crippen LogP contribution in [0.3, 0.4) is 0 Å². The molecule has 0 radical (unpaired) electrons. The minimum Gasteiger partial charge on any atom is -0.478 e. The molecule has 0 bridgehead atoms. The predicted octanol–water partition coefficient (Wildman–Crippen LogP) is 4.06. The molecule has 0 heterocycles. The zero-order chi connectivity index (χ0) is 12.5. The van der Waals surface area contributed by atoms with Crippen LogP contribution in [0.2, 0.25) is 0 Å². The van der Waals surface area contributed by atoms with Crippen LogP contribution in [0.15, 0.2) is 60.7 Å². The number of carboxylic acids is 1. The van der Waals surface area contributed by atoms with Gasteiger partial charge in [0.05, 0.1) is 5.56 Å². The first-order valence-corrected chi connectivity index (χ1v) is 5.56. The van der Waals surface area contributed by atoms with Crippen molar-refractivity contribution in [3.63, 3.8) is 0 Å². The number of carbonyl (C=O) groups is 1. The van der Waals surface area contributed by atoms with E-state index in [4.69, 9.17) is 5.11 Å². The van der Waals surface area contributed by atoms with Crippen molar-refractivity contribution < 1.29 is 9.90 Å². The molecule has 0 atom stereocenters. The van der Waals surface area contributed by atoms with E-state index in [2.05, 4.69) is 31.2 Å². The number of aryl methyl sites for hydroxylation is 1. The molecule has 2 aromatic carbocycles. The topological polar surface area (TPSA) is 37.3 Å². The average Bonchev–Trinajstić information content (AvgIpc) is 2.41. The number of aromatic carboxylic acids is 1. The van der Waals surface area contributed by atoms with Crippen molar-refractivity contribution >= 4 is 18.4 Å². The summed E-state index contributed by atoms with van der Waals surface area (Å²) in [6.07, 6.45) is 1.14. The van der Waals surface area contributed by atoms with Gasteiger partial charge in [-0.15, -0.1) is 12.4 Å². The van der Waals surface area contributed by atoms with Gasteiger partial charge in [0, 0.05) is 0 Å². The Labute approximate surface area is 114 Å². The van der Waals surface area contributed by atoms with Crippen molar-refractivity contribution in [2.24, 2.45) is 0 Å². The van der Waals surface area contributed by atoms with Gasteiger partial charge in [-0.2, -0.15) is 0 Å². The Kier molecular flexibility index (Phi) is 8.33. The molecule has 2 nitrogen and oxygen atoms in total. The van der Waals surface area contributed by atoms with Crippen LogP contribution in [0.5, 0.6) is 0 Å². The fourth-order valence-corrected chi connectivity index (χ4v) is 1.29. The van der Waals surface area contributed by atoms with Gasteiger partial charge in [-0.3, -0.25) is 0 Å². The summed E-state index contributed by atoms with van der Waals surface area (Å²) >= 11 is 0. The molecule has 18 heavy (non-hydrogen) atoms. The van der Waals surface area contributed by atoms with Crippen LogP contribution in [0.25, 0.3) is 0 Å². The number of benzene rings is 2. The Morgan fingerprint density at radius 2 is 1.39 bits per heavy atom. The highest BCUT2D eigenvalue weighted by atomic mass is 35.5. The molecule has 0 spiro atoms. The van der Waals surface area contributed by atoms with E-state index in [9.17, 15) is 4.79 Å². The lowest BCUT2D eigenvalue weighted by atomic mass is 10.2. The van der Waals surface area contributed by atoms with E-state index in [0.29, 0.717) is 5.56 Å². The Morgan fingerprint density at radius 3 is 1.67 bits per heavy atom. The van der Waals surface area contributed by atoms with Crippen molar-refractivity contribution in [1.29, 1.82) is 0 Å². The van der Waals surface area contributed by atoms with E-state index in [0.717, 1.165) is 6.42 Å². The Morgan fingerprint density at radius 1 is 0.944 bits per heavy atom. The minimum absolute atomic E-state index is 0. The first kappa shape index (κ1) is 16.2. The van der Waals surface area contributed by atoms with Gasteiger partial charge >= 0.3 is 5.97 Å². The molecule has 1 N–H and O–H groups in total. The molecule has 3 heteroatoms. The number of hydrogen-bond acceptors (Lipinski definition) is 1. The van der Waals surface area contributed by atoms with Gasteiger partial charge in [-0.1, -0.05) is 55.5 Å². The zero-order valence-electron chi connectivity index (χ0n) is 10.2. The van der Waals surface area contributed by atoms with Crippen molar-refractivity contribution in [3.8, 4) is 0 Å². The highest BCUT2D eigenvalue weighted by Gasteiger charge is 1.96. The summed E-state index contributed by atoms with van der Waals surface area (Å²) in [6.45, 7) is 2.16. The van der Waals surface area contributed by atoms with Gasteiger partial charge in [0.1, 0.15) is 0 Å². The summed E-state index contributed by atoms with van der Waals surface area (Å²) < 4.78 is 0. The van der Waals surface area contributed by atoms with Crippen LogP contribution in [0, 0.1) is 0 Å². The second kappa shape index (κ2) is 9.25. The van der Waals surface area contributed by atoms with Crippen LogP contribution < -0.4 is 0 Å². The second-order valence-corrected chi connectivity index (χ2v) is 3.51. The SMILES string of the molecule is CCc1ccccc1.Cl.O=C(O)c1ccccc1. The summed E-state index contributed by atoms with van der Waals surface area (Å²) in [7, 11) is 0. The molecule has 96 valence electrons. The standard InChI is InChI=1S/C8H10.C7H6O2.ClH/c1-2-8-6-4-3-5-7-8;8-7(9)6-4-2-1-3-5-6;/h3-7H,2H2,1H3;1-5H,(H,8,9);1H. The molecule has 0 saturated heterocycles. The average molecular weight is 265 g/mol. The van der Waals surface area contributed by atoms with Crippen LogP contribution >= 0.6 is 12.4 Å². The zero-order valence-corrected chi connectivity index (χ0v) is 11.1. The molecule has 0 saturated carbocycles. The highest BCUT2D eigenvalue weighted by molar-refractivity contribution is 5.87. The third-order valence-corrected chi connectivity index (χ3v) is 2.27. The summed E-state index contributed by atoms with van der Waals surface area (Å²) in [5, 5.41) is 8.38. The molecule has 0 unspecified atom stereocenters. The van der Waals surface area contributed by atoms with Gasteiger partial charge in [-0.05, 0) is 24.1 Å². The maximum atomic E-state index is 10.2. The fourth-order valence-electron chi connectivity index (χ4n) is 1.29. The maximum Gasteiger partial charge on any atom is 0.335 e. The first-order chi connectivity index (χ1) is 8.24. The van der Waals surface area contributed by atoms with E-state index in [-0.39, 0.29) is 12.4 Å². The Balaban J connectivity index is 0.000000306. The van der Waals surface area contributed by atoms with Crippen LogP contribution in [-0.4, -0.2) is 11.1 Å². The summed E-state index contributed by atoms with van der Waals surface area (Å²) in [6, 6.07) is 18.8. The van der Waals surface area contributed by atoms with Gasteiger partial charge in [0.15, 0.2) is 0 Å². The number of halogens is 1. The largest absolute Gasteiger partial charge is 0.478 e. The molecular formula is C15H17ClO2. The van der Waals surface area contributed by atoms with E-state index < -0.39 is 5.97 Å². The molecule has 0 aliphatic rings. The smallest absolute Gasteiger partial charge is 0.335 e. The minimum atomic E-state index is -0.879. The Hall–Kier alpha value is -1.80. The second-order valence-electron chi connectivity index (χ2n) is 3.51. The van der Waals surface area contributed by atoms with E-state index >= 15 is 0 Å². The van der Waals surface area contributed by atoms with Crippen LogP contribution in [0.4, 0.5) is 0 Å². The first-order valence-electron chi connectivity index (χ1n) is 5.56. The molecule has 0 fully saturated rings. The van der Waals surface area contributed by atoms with Crippen molar-refractivity contribution in [1.82, 2.24) is 0 Å². The monoisotopic (exact) mass is 264 g/mol. The van der Waals surface area contributed by atoms with Crippen molar-refractivity contribution in [3.05, 3.63) is 71.8 Å². The summed E-state index contributed by atoms with van der Waals surface area (Å²) in [5.74, 6) is -0.879. The number of carboxylic acid groups (broad SMARTS) is 1. The summed E-state index contributed by atoms with van der Waals surface area (Å²) in [4.78, 5) is 10.2. The van der Waals surface area contributed by atoms with Gasteiger partial charge in [0.25, 0.3) is 0 Å². The maximum absolute atomic E-state index is 10.2. The lowest BCUT2D eigenvalue weighted by Gasteiger charge is -1.89. The molecule has 2 aromatic rings. The summed E-state index contributed by atoms with van der Waals surface area (Å²) in [5.41, 5.74) is 1.74. The number of hydrogen-bond donors (Lipinski definition) is 1. The molecule has 0 amide bonds. The van der Waals surface area contributed by atoms with Gasteiger partial charge < -0.3 is 5.11 Å². The van der Waals surface area contributed by atoms with Crippen molar-refractivity contribution in [2.45, 2.75) is 13.3 Å². The van der Waals surface area contributed by atoms with E-state index in [1.807, 2.05) is 6.07 Å². The van der Waals surface area contributed by atoms with Crippen molar-refractivity contribution in [2.75, 3.05) is 0 Å². The third-order valence-electron chi connectivity index (χ3n) is 2.27. The van der Waals surface area contributed by atoms with Gasteiger partial charge in [-0.25, -0.2) is 4.79 Å². The third kappa shape index (κ3) is 6.06. The van der Waals surface area contributed by atoms with E-state index in [1.165, 1.54) is 5.56 Å². The van der Waals surface area contributed by atoms with Crippen LogP contribution in [-0.2, 0) is 6.42 Å². The Bertz CT molecular complexity index is 441. The normalized spacial score (nSPS) is 8.50. The highest BCUT2D eigenvalue weighted by Crippen LogP contribution is 1.97. The van der Waals surface area contributed by atoms with Crippen LogP contribution in [0.1, 0.15) is 22.8 Å². The predicted molar refractivity (Wildman–Crippen MR) is 76.5 cm³/mol. The number of rotatable bonds is 2. The fraction of sp³-hybridized carbons (Fsp3) is 0.133. The molecule has 0 aliphatic carbocycles. The lowest BCUT2D eigenvalue weighted by Crippen LogP contribution is -1.93. The molecule has 0 aromatic heterocycles. The molecule has 0 aliphatic heterocycles. The van der Waals surface area contributed by atoms with E-state index in [1.54, 1.807) is 30.3 Å². The van der Waals surface area contributed by atoms with Gasteiger partial charge in [0.2, 0.25) is 0 Å². The molecule has 2 rings (SSSR count).